The van der Waals surface area contributed by atoms with Crippen LogP contribution < -0.4 is 14.4 Å². The molecule has 0 aliphatic heterocycles. The van der Waals surface area contributed by atoms with E-state index in [4.69, 9.17) is 27.9 Å². The number of rotatable bonds is 12. The number of carbonyl (C=O) groups is 2. The number of ether oxygens (including phenoxy) is 1. The van der Waals surface area contributed by atoms with E-state index in [9.17, 15) is 18.0 Å². The number of anilines is 1. The molecule has 0 fully saturated rings. The van der Waals surface area contributed by atoms with Crippen molar-refractivity contribution in [2.45, 2.75) is 23.9 Å². The molecule has 224 valence electrons. The highest BCUT2D eigenvalue weighted by Gasteiger charge is 2.34. The maximum atomic E-state index is 14.3. The van der Waals surface area contributed by atoms with Crippen LogP contribution in [0.5, 0.6) is 5.75 Å². The summed E-state index contributed by atoms with van der Waals surface area (Å²) in [6.45, 7) is -0.589. The predicted octanol–water partition coefficient (Wildman–Crippen LogP) is 5.58. The average Bonchev–Trinajstić information content (AvgIpc) is 3.01. The fourth-order valence-electron chi connectivity index (χ4n) is 4.59. The molecule has 4 aromatic carbocycles. The van der Waals surface area contributed by atoms with Gasteiger partial charge in [0, 0.05) is 30.1 Å². The maximum Gasteiger partial charge on any atom is 0.264 e. The van der Waals surface area contributed by atoms with Gasteiger partial charge in [0.1, 0.15) is 18.3 Å². The highest BCUT2D eigenvalue weighted by molar-refractivity contribution is 7.92. The van der Waals surface area contributed by atoms with Gasteiger partial charge in [-0.15, -0.1) is 0 Å². The van der Waals surface area contributed by atoms with E-state index in [0.29, 0.717) is 21.4 Å². The van der Waals surface area contributed by atoms with Crippen LogP contribution in [0.25, 0.3) is 0 Å². The van der Waals surface area contributed by atoms with Crippen molar-refractivity contribution in [2.75, 3.05) is 25.0 Å². The normalized spacial score (nSPS) is 11.8. The monoisotopic (exact) mass is 639 g/mol. The zero-order valence-corrected chi connectivity index (χ0v) is 25.9. The van der Waals surface area contributed by atoms with Crippen LogP contribution in [0.3, 0.4) is 0 Å². The second kappa shape index (κ2) is 14.4. The van der Waals surface area contributed by atoms with Crippen LogP contribution in [0.1, 0.15) is 11.1 Å². The minimum atomic E-state index is -4.26. The lowest BCUT2D eigenvalue weighted by Crippen LogP contribution is -2.53. The standard InChI is InChI=1S/C32H31Cl2N3O5S/c1-35-32(39)30(19-23-8-4-3-5-9-23)36(21-24-10-6-11-25(33)18-24)31(38)22-37(27-13-7-12-26(34)20-27)43(40,41)29-16-14-28(42-2)15-17-29/h3-18,20,30H,19,21-22H2,1-2H3,(H,35,39)/t30-/m0/s1. The number of likely N-dealkylation sites (N-methyl/N-ethyl adjacent to an activating group) is 1. The molecule has 43 heavy (non-hydrogen) atoms. The molecule has 1 atom stereocenters. The molecule has 0 aromatic heterocycles. The third-order valence-electron chi connectivity index (χ3n) is 6.78. The minimum absolute atomic E-state index is 0.0102. The quantitative estimate of drug-likeness (QED) is 0.218. The van der Waals surface area contributed by atoms with E-state index < -0.39 is 34.4 Å². The van der Waals surface area contributed by atoms with Crippen LogP contribution in [0.15, 0.2) is 108 Å². The van der Waals surface area contributed by atoms with Crippen LogP contribution in [-0.4, -0.2) is 51.9 Å². The van der Waals surface area contributed by atoms with Crippen LogP contribution >= 0.6 is 23.2 Å². The molecule has 0 heterocycles. The lowest BCUT2D eigenvalue weighted by atomic mass is 10.0. The van der Waals surface area contributed by atoms with E-state index in [2.05, 4.69) is 5.32 Å². The third-order valence-corrected chi connectivity index (χ3v) is 9.04. The Morgan fingerprint density at radius 2 is 1.47 bits per heavy atom. The summed E-state index contributed by atoms with van der Waals surface area (Å²) in [6.07, 6.45) is 0.204. The molecular weight excluding hydrogens is 609 g/mol. The van der Waals surface area contributed by atoms with E-state index in [-0.39, 0.29) is 23.5 Å². The summed E-state index contributed by atoms with van der Waals surface area (Å²) in [5.41, 5.74) is 1.70. The first kappa shape index (κ1) is 31.9. The van der Waals surface area contributed by atoms with Crippen molar-refractivity contribution in [1.29, 1.82) is 0 Å². The molecule has 0 saturated heterocycles. The number of carbonyl (C=O) groups excluding carboxylic acids is 2. The number of methoxy groups -OCH3 is 1. The van der Waals surface area contributed by atoms with Gasteiger partial charge in [-0.1, -0.05) is 71.7 Å². The molecular formula is C32H31Cl2N3O5S. The zero-order chi connectivity index (χ0) is 31.0. The molecule has 8 nitrogen and oxygen atoms in total. The van der Waals surface area contributed by atoms with Gasteiger partial charge in [0.05, 0.1) is 17.7 Å². The Kier molecular flexibility index (Phi) is 10.7. The molecule has 0 bridgehead atoms. The number of halogens is 2. The smallest absolute Gasteiger partial charge is 0.264 e. The van der Waals surface area contributed by atoms with Crippen molar-refractivity contribution in [2.24, 2.45) is 0 Å². The van der Waals surface area contributed by atoms with E-state index >= 15 is 0 Å². The molecule has 0 radical (unpaired) electrons. The Morgan fingerprint density at radius 3 is 2.07 bits per heavy atom. The fraction of sp³-hybridized carbons (Fsp3) is 0.188. The van der Waals surface area contributed by atoms with Gasteiger partial charge in [0.2, 0.25) is 11.8 Å². The van der Waals surface area contributed by atoms with E-state index in [1.807, 2.05) is 30.3 Å². The number of nitrogens with zero attached hydrogens (tertiary/aromatic N) is 2. The Labute approximate surface area is 261 Å². The van der Waals surface area contributed by atoms with Crippen molar-refractivity contribution in [1.82, 2.24) is 10.2 Å². The number of hydrogen-bond donors (Lipinski definition) is 1. The van der Waals surface area contributed by atoms with Gasteiger partial charge in [-0.25, -0.2) is 8.42 Å². The van der Waals surface area contributed by atoms with Crippen molar-refractivity contribution >= 4 is 50.7 Å². The van der Waals surface area contributed by atoms with Gasteiger partial charge < -0.3 is 15.0 Å². The van der Waals surface area contributed by atoms with Crippen LogP contribution in [-0.2, 0) is 32.6 Å². The summed E-state index contributed by atoms with van der Waals surface area (Å²) >= 11 is 12.5. The summed E-state index contributed by atoms with van der Waals surface area (Å²) in [6, 6.07) is 27.4. The lowest BCUT2D eigenvalue weighted by Gasteiger charge is -2.33. The third kappa shape index (κ3) is 8.07. The average molecular weight is 641 g/mol. The Hall–Kier alpha value is -4.05. The molecule has 0 aliphatic carbocycles. The second-order valence-electron chi connectivity index (χ2n) is 9.64. The fourth-order valence-corrected chi connectivity index (χ4v) is 6.39. The second-order valence-corrected chi connectivity index (χ2v) is 12.4. The van der Waals surface area contributed by atoms with Crippen LogP contribution in [0.2, 0.25) is 10.0 Å². The largest absolute Gasteiger partial charge is 0.497 e. The van der Waals surface area contributed by atoms with Gasteiger partial charge in [0.15, 0.2) is 0 Å². The minimum Gasteiger partial charge on any atom is -0.497 e. The molecule has 11 heteroatoms. The van der Waals surface area contributed by atoms with Gasteiger partial charge in [-0.3, -0.25) is 13.9 Å². The number of nitrogens with one attached hydrogen (secondary N) is 1. The first-order chi connectivity index (χ1) is 20.6. The van der Waals surface area contributed by atoms with Crippen molar-refractivity contribution < 1.29 is 22.7 Å². The number of hydrogen-bond acceptors (Lipinski definition) is 5. The van der Waals surface area contributed by atoms with Crippen LogP contribution in [0, 0.1) is 0 Å². The molecule has 0 unspecified atom stereocenters. The first-order valence-corrected chi connectivity index (χ1v) is 15.5. The number of sulfonamides is 1. The topological polar surface area (TPSA) is 96.0 Å². The maximum absolute atomic E-state index is 14.3. The summed E-state index contributed by atoms with van der Waals surface area (Å²) in [5, 5.41) is 3.42. The van der Waals surface area contributed by atoms with Gasteiger partial charge in [-0.05, 0) is 65.7 Å². The summed E-state index contributed by atoms with van der Waals surface area (Å²) in [7, 11) is -1.29. The molecule has 2 amide bonds. The number of benzene rings is 4. The molecule has 0 saturated carbocycles. The first-order valence-electron chi connectivity index (χ1n) is 13.3. The Balaban J connectivity index is 1.79. The van der Waals surface area contributed by atoms with Crippen LogP contribution in [0.4, 0.5) is 5.69 Å². The van der Waals surface area contributed by atoms with E-state index in [1.165, 1.54) is 49.4 Å². The van der Waals surface area contributed by atoms with Crippen molar-refractivity contribution in [3.63, 3.8) is 0 Å². The van der Waals surface area contributed by atoms with Gasteiger partial charge in [0.25, 0.3) is 10.0 Å². The molecule has 4 aromatic rings. The zero-order valence-electron chi connectivity index (χ0n) is 23.6. The van der Waals surface area contributed by atoms with Crippen molar-refractivity contribution in [3.05, 3.63) is 124 Å². The van der Waals surface area contributed by atoms with E-state index in [0.717, 1.165) is 9.87 Å². The predicted molar refractivity (Wildman–Crippen MR) is 169 cm³/mol. The molecule has 0 spiro atoms. The summed E-state index contributed by atoms with van der Waals surface area (Å²) in [5.74, 6) is -0.514. The molecule has 1 N–H and O–H groups in total. The molecule has 4 rings (SSSR count). The van der Waals surface area contributed by atoms with E-state index in [1.54, 1.807) is 42.5 Å². The highest BCUT2D eigenvalue weighted by Crippen LogP contribution is 2.28. The highest BCUT2D eigenvalue weighted by atomic mass is 35.5. The number of amides is 2. The molecule has 0 aliphatic rings. The Bertz CT molecular complexity index is 1670. The summed E-state index contributed by atoms with van der Waals surface area (Å²) in [4.78, 5) is 28.9. The van der Waals surface area contributed by atoms with Gasteiger partial charge >= 0.3 is 0 Å². The summed E-state index contributed by atoms with van der Waals surface area (Å²) < 4.78 is 34.2. The Morgan fingerprint density at radius 1 is 0.837 bits per heavy atom. The van der Waals surface area contributed by atoms with Crippen molar-refractivity contribution in [3.8, 4) is 5.75 Å². The SMILES string of the molecule is CNC(=O)[C@H](Cc1ccccc1)N(Cc1cccc(Cl)c1)C(=O)CN(c1cccc(Cl)c1)S(=O)(=O)c1ccc(OC)cc1. The lowest BCUT2D eigenvalue weighted by molar-refractivity contribution is -0.139. The van der Waals surface area contributed by atoms with Gasteiger partial charge in [-0.2, -0.15) is 0 Å².